The third-order valence-corrected chi connectivity index (χ3v) is 3.49. The summed E-state index contributed by atoms with van der Waals surface area (Å²) in [5, 5.41) is 9.06. The van der Waals surface area contributed by atoms with Gasteiger partial charge in [-0.05, 0) is 24.1 Å². The van der Waals surface area contributed by atoms with Crippen molar-refractivity contribution in [3.8, 4) is 0 Å². The average molecular weight is 259 g/mol. The van der Waals surface area contributed by atoms with Crippen LogP contribution in [0.1, 0.15) is 29.3 Å². The highest BCUT2D eigenvalue weighted by molar-refractivity contribution is 5.98. The average Bonchev–Trinajstić information content (AvgIpc) is 2.79. The van der Waals surface area contributed by atoms with Crippen molar-refractivity contribution in [3.05, 3.63) is 42.0 Å². The number of aromatic carboxylic acids is 1. The van der Waals surface area contributed by atoms with Crippen LogP contribution in [0, 0.1) is 5.92 Å². The molecule has 19 heavy (non-hydrogen) atoms. The number of hydrogen-bond acceptors (Lipinski definition) is 2. The number of carboxylic acids is 1. The molecule has 1 fully saturated rings. The van der Waals surface area contributed by atoms with E-state index in [1.54, 1.807) is 29.2 Å². The van der Waals surface area contributed by atoms with Crippen LogP contribution in [0.3, 0.4) is 0 Å². The Hall–Kier alpha value is -2.10. The first-order valence-corrected chi connectivity index (χ1v) is 6.36. The Bertz CT molecular complexity index is 536. The molecule has 1 aliphatic rings. The summed E-state index contributed by atoms with van der Waals surface area (Å²) in [4.78, 5) is 24.8. The van der Waals surface area contributed by atoms with Gasteiger partial charge in [0.25, 0.3) is 0 Å². The lowest BCUT2D eigenvalue weighted by molar-refractivity contribution is -0.117. The molecule has 0 aromatic heterocycles. The molecule has 4 nitrogen and oxygen atoms in total. The summed E-state index contributed by atoms with van der Waals surface area (Å²) in [6.45, 7) is 6.29. The summed E-state index contributed by atoms with van der Waals surface area (Å²) in [7, 11) is 0. The highest BCUT2D eigenvalue weighted by Crippen LogP contribution is 2.30. The van der Waals surface area contributed by atoms with Gasteiger partial charge in [0, 0.05) is 24.6 Å². The molecule has 1 saturated heterocycles. The Morgan fingerprint density at radius 3 is 2.84 bits per heavy atom. The van der Waals surface area contributed by atoms with Crippen molar-refractivity contribution >= 4 is 17.6 Å². The molecule has 1 heterocycles. The number of anilines is 1. The van der Waals surface area contributed by atoms with E-state index in [0.29, 0.717) is 13.0 Å². The number of carboxylic acid groups (broad SMARTS) is 1. The molecule has 1 unspecified atom stereocenters. The number of hydrogen-bond donors (Lipinski definition) is 1. The number of amides is 1. The Kier molecular flexibility index (Phi) is 3.69. The van der Waals surface area contributed by atoms with E-state index in [2.05, 4.69) is 6.58 Å². The summed E-state index contributed by atoms with van der Waals surface area (Å²) in [6, 6.07) is 4.95. The molecular formula is C15H17NO3. The van der Waals surface area contributed by atoms with Crippen LogP contribution in [0.2, 0.25) is 0 Å². The zero-order chi connectivity index (χ0) is 14.0. The lowest BCUT2D eigenvalue weighted by Crippen LogP contribution is -2.25. The second-order valence-corrected chi connectivity index (χ2v) is 4.71. The third-order valence-electron chi connectivity index (χ3n) is 3.49. The minimum absolute atomic E-state index is 0.0298. The van der Waals surface area contributed by atoms with Gasteiger partial charge in [0.1, 0.15) is 0 Å². The van der Waals surface area contributed by atoms with Gasteiger partial charge in [0.15, 0.2) is 0 Å². The second kappa shape index (κ2) is 5.26. The van der Waals surface area contributed by atoms with Crippen molar-refractivity contribution in [3.63, 3.8) is 0 Å². The molecule has 1 aromatic rings. The number of aryl methyl sites for hydroxylation is 1. The monoisotopic (exact) mass is 259 g/mol. The maximum absolute atomic E-state index is 12.0. The Labute approximate surface area is 112 Å². The number of nitrogens with zero attached hydrogens (tertiary/aromatic N) is 1. The largest absolute Gasteiger partial charge is 0.478 e. The van der Waals surface area contributed by atoms with Gasteiger partial charge in [-0.2, -0.15) is 0 Å². The summed E-state index contributed by atoms with van der Waals surface area (Å²) in [6.07, 6.45) is 2.99. The molecule has 0 radical (unpaired) electrons. The van der Waals surface area contributed by atoms with Crippen LogP contribution < -0.4 is 4.90 Å². The predicted molar refractivity (Wildman–Crippen MR) is 73.4 cm³/mol. The molecule has 0 spiro atoms. The lowest BCUT2D eigenvalue weighted by atomic mass is 10.1. The van der Waals surface area contributed by atoms with E-state index in [1.807, 2.05) is 6.92 Å². The summed E-state index contributed by atoms with van der Waals surface area (Å²) in [5.74, 6) is -0.802. The van der Waals surface area contributed by atoms with E-state index in [1.165, 1.54) is 0 Å². The van der Waals surface area contributed by atoms with Gasteiger partial charge in [-0.3, -0.25) is 4.79 Å². The SMILES string of the molecule is C=CC1CC(=O)N(c2cc(C(=O)O)ccc2CC)C1. The van der Waals surface area contributed by atoms with Crippen molar-refractivity contribution in [2.24, 2.45) is 5.92 Å². The van der Waals surface area contributed by atoms with E-state index in [9.17, 15) is 9.59 Å². The Balaban J connectivity index is 2.42. The van der Waals surface area contributed by atoms with Crippen LogP contribution >= 0.6 is 0 Å². The normalized spacial score (nSPS) is 18.7. The zero-order valence-electron chi connectivity index (χ0n) is 10.9. The van der Waals surface area contributed by atoms with Crippen LogP contribution in [0.4, 0.5) is 5.69 Å². The smallest absolute Gasteiger partial charge is 0.335 e. The van der Waals surface area contributed by atoms with Gasteiger partial charge in [0.2, 0.25) is 5.91 Å². The summed E-state index contributed by atoms with van der Waals surface area (Å²) < 4.78 is 0. The molecule has 0 bridgehead atoms. The highest BCUT2D eigenvalue weighted by Gasteiger charge is 2.30. The molecule has 4 heteroatoms. The van der Waals surface area contributed by atoms with Gasteiger partial charge >= 0.3 is 5.97 Å². The standard InChI is InChI=1S/C15H17NO3/c1-3-10-7-14(17)16(9-10)13-8-12(15(18)19)6-5-11(13)4-2/h3,5-6,8,10H,1,4,7,9H2,2H3,(H,18,19). The molecule has 0 aliphatic carbocycles. The molecule has 1 aromatic carbocycles. The molecule has 1 N–H and O–H groups in total. The van der Waals surface area contributed by atoms with Crippen LogP contribution in [0.15, 0.2) is 30.9 Å². The molecule has 1 atom stereocenters. The van der Waals surface area contributed by atoms with Crippen molar-refractivity contribution in [1.29, 1.82) is 0 Å². The van der Waals surface area contributed by atoms with Crippen molar-refractivity contribution in [1.82, 2.24) is 0 Å². The van der Waals surface area contributed by atoms with Gasteiger partial charge < -0.3 is 10.0 Å². The van der Waals surface area contributed by atoms with Gasteiger partial charge in [-0.1, -0.05) is 19.1 Å². The van der Waals surface area contributed by atoms with Crippen LogP contribution in [0.5, 0.6) is 0 Å². The molecule has 1 amide bonds. The molecule has 1 aliphatic heterocycles. The molecule has 0 saturated carbocycles. The number of carbonyl (C=O) groups is 2. The topological polar surface area (TPSA) is 57.6 Å². The maximum atomic E-state index is 12.0. The first-order chi connectivity index (χ1) is 9.06. The maximum Gasteiger partial charge on any atom is 0.335 e. The second-order valence-electron chi connectivity index (χ2n) is 4.71. The minimum Gasteiger partial charge on any atom is -0.478 e. The fraction of sp³-hybridized carbons (Fsp3) is 0.333. The van der Waals surface area contributed by atoms with Crippen molar-refractivity contribution in [2.75, 3.05) is 11.4 Å². The Morgan fingerprint density at radius 2 is 2.32 bits per heavy atom. The first kappa shape index (κ1) is 13.3. The third kappa shape index (κ3) is 2.52. The van der Waals surface area contributed by atoms with E-state index in [4.69, 9.17) is 5.11 Å². The summed E-state index contributed by atoms with van der Waals surface area (Å²) >= 11 is 0. The van der Waals surface area contributed by atoms with E-state index >= 15 is 0 Å². The number of rotatable bonds is 4. The van der Waals surface area contributed by atoms with Crippen LogP contribution in [-0.2, 0) is 11.2 Å². The van der Waals surface area contributed by atoms with Crippen molar-refractivity contribution in [2.45, 2.75) is 19.8 Å². The minimum atomic E-state index is -0.976. The van der Waals surface area contributed by atoms with Crippen LogP contribution in [-0.4, -0.2) is 23.5 Å². The molecule has 2 rings (SSSR count). The highest BCUT2D eigenvalue weighted by atomic mass is 16.4. The molecular weight excluding hydrogens is 242 g/mol. The first-order valence-electron chi connectivity index (χ1n) is 6.36. The zero-order valence-corrected chi connectivity index (χ0v) is 10.9. The predicted octanol–water partition coefficient (Wildman–Crippen LogP) is 2.49. The summed E-state index contributed by atoms with van der Waals surface area (Å²) in [5.41, 5.74) is 1.92. The van der Waals surface area contributed by atoms with Crippen molar-refractivity contribution < 1.29 is 14.7 Å². The molecule has 100 valence electrons. The van der Waals surface area contributed by atoms with E-state index < -0.39 is 5.97 Å². The van der Waals surface area contributed by atoms with Gasteiger partial charge in [-0.15, -0.1) is 6.58 Å². The Morgan fingerprint density at radius 1 is 1.58 bits per heavy atom. The lowest BCUT2D eigenvalue weighted by Gasteiger charge is -2.20. The van der Waals surface area contributed by atoms with E-state index in [-0.39, 0.29) is 17.4 Å². The van der Waals surface area contributed by atoms with Gasteiger partial charge in [0.05, 0.1) is 5.56 Å². The number of benzene rings is 1. The van der Waals surface area contributed by atoms with E-state index in [0.717, 1.165) is 17.7 Å². The quantitative estimate of drug-likeness (QED) is 0.845. The van der Waals surface area contributed by atoms with Crippen LogP contribution in [0.25, 0.3) is 0 Å². The number of carbonyl (C=O) groups excluding carboxylic acids is 1. The fourth-order valence-electron chi connectivity index (χ4n) is 2.37. The van der Waals surface area contributed by atoms with Gasteiger partial charge in [-0.25, -0.2) is 4.79 Å². The fourth-order valence-corrected chi connectivity index (χ4v) is 2.37.